The van der Waals surface area contributed by atoms with E-state index in [0.717, 1.165) is 17.8 Å². The highest BCUT2D eigenvalue weighted by Gasteiger charge is 2.14. The highest BCUT2D eigenvalue weighted by Crippen LogP contribution is 2.26. The smallest absolute Gasteiger partial charge is 0.335 e. The van der Waals surface area contributed by atoms with E-state index in [-0.39, 0.29) is 22.2 Å². The van der Waals surface area contributed by atoms with Crippen molar-refractivity contribution in [2.75, 3.05) is 12.4 Å². The van der Waals surface area contributed by atoms with Gasteiger partial charge in [0.2, 0.25) is 5.88 Å². The first kappa shape index (κ1) is 26.3. The summed E-state index contributed by atoms with van der Waals surface area (Å²) >= 11 is 5.67. The van der Waals surface area contributed by atoms with E-state index in [0.29, 0.717) is 5.56 Å². The molecule has 0 unspecified atom stereocenters. The number of benzene rings is 2. The molecule has 0 radical (unpaired) electrons. The van der Waals surface area contributed by atoms with Gasteiger partial charge in [0.25, 0.3) is 5.91 Å². The number of rotatable bonds is 5. The highest BCUT2D eigenvalue weighted by atomic mass is 35.5. The minimum atomic E-state index is -1.08. The number of aromatic nitrogens is 1. The van der Waals surface area contributed by atoms with E-state index in [9.17, 15) is 18.4 Å². The summed E-state index contributed by atoms with van der Waals surface area (Å²) in [6.45, 7) is 4.00. The second kappa shape index (κ2) is 12.9. The molecule has 1 amide bonds. The number of nitrogens with zero attached hydrogens (tertiary/aromatic N) is 1. The highest BCUT2D eigenvalue weighted by molar-refractivity contribution is 6.30. The summed E-state index contributed by atoms with van der Waals surface area (Å²) < 4.78 is 31.0. The minimum absolute atomic E-state index is 0.0174. The third-order valence-corrected chi connectivity index (χ3v) is 3.82. The van der Waals surface area contributed by atoms with Gasteiger partial charge in [-0.25, -0.2) is 18.6 Å². The third-order valence-electron chi connectivity index (χ3n) is 3.61. The SMILES string of the molecule is CC.CNc1ccc(C(=O)O)cc1.NC(=O)c1cc(Cl)cnc1Oc1ccc(F)c(F)c1. The van der Waals surface area contributed by atoms with Crippen LogP contribution in [0.4, 0.5) is 14.5 Å². The van der Waals surface area contributed by atoms with Crippen molar-refractivity contribution in [3.8, 4) is 11.6 Å². The number of carbonyl (C=O) groups excluding carboxylic acids is 1. The second-order valence-corrected chi connectivity index (χ2v) is 6.12. The normalized spacial score (nSPS) is 9.44. The van der Waals surface area contributed by atoms with Crippen LogP contribution in [0, 0.1) is 11.6 Å². The number of halogens is 3. The van der Waals surface area contributed by atoms with E-state index < -0.39 is 23.5 Å². The summed E-state index contributed by atoms with van der Waals surface area (Å²) in [7, 11) is 1.79. The van der Waals surface area contributed by atoms with E-state index in [1.807, 2.05) is 13.8 Å². The van der Waals surface area contributed by atoms with Crippen LogP contribution < -0.4 is 15.8 Å². The zero-order valence-corrected chi connectivity index (χ0v) is 18.3. The van der Waals surface area contributed by atoms with Gasteiger partial charge in [-0.1, -0.05) is 25.4 Å². The molecule has 0 aliphatic heterocycles. The van der Waals surface area contributed by atoms with Crippen molar-refractivity contribution in [2.24, 2.45) is 5.73 Å². The lowest BCUT2D eigenvalue weighted by molar-refractivity contribution is 0.0696. The van der Waals surface area contributed by atoms with Gasteiger partial charge in [-0.2, -0.15) is 0 Å². The zero-order chi connectivity index (χ0) is 24.3. The van der Waals surface area contributed by atoms with Crippen molar-refractivity contribution in [3.05, 3.63) is 82.5 Å². The summed E-state index contributed by atoms with van der Waals surface area (Å²) in [5, 5.41) is 11.6. The molecule has 0 atom stereocenters. The topological polar surface area (TPSA) is 115 Å². The van der Waals surface area contributed by atoms with Gasteiger partial charge < -0.3 is 20.9 Å². The summed E-state index contributed by atoms with van der Waals surface area (Å²) in [6.07, 6.45) is 1.24. The summed E-state index contributed by atoms with van der Waals surface area (Å²) in [5.74, 6) is -3.93. The maximum Gasteiger partial charge on any atom is 0.335 e. The van der Waals surface area contributed by atoms with Crippen LogP contribution in [0.1, 0.15) is 34.6 Å². The number of ether oxygens (including phenoxy) is 1. The van der Waals surface area contributed by atoms with Crippen LogP contribution in [0.2, 0.25) is 5.02 Å². The first-order valence-corrected chi connectivity index (χ1v) is 9.68. The van der Waals surface area contributed by atoms with Crippen molar-refractivity contribution in [1.82, 2.24) is 4.98 Å². The average Bonchev–Trinajstić information content (AvgIpc) is 2.79. The monoisotopic (exact) mass is 465 g/mol. The number of pyridine rings is 1. The standard InChI is InChI=1S/C12H7ClF2N2O2.C8H9NO2.C2H6/c13-6-3-8(11(16)18)12(17-5-6)19-7-1-2-9(14)10(15)4-7;1-9-7-4-2-6(3-5-7)8(10)11;1-2/h1-5H,(H2,16,18);2-5,9H,1H3,(H,10,11);1-2H3. The Bertz CT molecular complexity index is 1060. The second-order valence-electron chi connectivity index (χ2n) is 5.68. The molecular weight excluding hydrogens is 444 g/mol. The van der Waals surface area contributed by atoms with Gasteiger partial charge in [0.1, 0.15) is 11.3 Å². The fourth-order valence-corrected chi connectivity index (χ4v) is 2.27. The van der Waals surface area contributed by atoms with E-state index in [1.54, 1.807) is 31.3 Å². The van der Waals surface area contributed by atoms with Gasteiger partial charge >= 0.3 is 5.97 Å². The Hall–Kier alpha value is -3.72. The van der Waals surface area contributed by atoms with Crippen LogP contribution in [-0.4, -0.2) is 29.0 Å². The molecule has 32 heavy (non-hydrogen) atoms. The molecule has 7 nitrogen and oxygen atoms in total. The lowest BCUT2D eigenvalue weighted by atomic mass is 10.2. The third kappa shape index (κ3) is 7.84. The predicted molar refractivity (Wildman–Crippen MR) is 118 cm³/mol. The van der Waals surface area contributed by atoms with E-state index in [2.05, 4.69) is 10.3 Å². The number of amides is 1. The van der Waals surface area contributed by atoms with Crippen molar-refractivity contribution in [3.63, 3.8) is 0 Å². The van der Waals surface area contributed by atoms with Crippen molar-refractivity contribution < 1.29 is 28.2 Å². The Morgan fingerprint density at radius 3 is 2.19 bits per heavy atom. The van der Waals surface area contributed by atoms with Gasteiger partial charge in [-0.05, 0) is 42.5 Å². The molecule has 0 fully saturated rings. The fourth-order valence-electron chi connectivity index (χ4n) is 2.12. The quantitative estimate of drug-likeness (QED) is 0.467. The Kier molecular flexibility index (Phi) is 10.6. The van der Waals surface area contributed by atoms with Crippen LogP contribution in [0.3, 0.4) is 0 Å². The van der Waals surface area contributed by atoms with Crippen LogP contribution in [0.25, 0.3) is 0 Å². The molecule has 3 aromatic rings. The number of carboxylic acids is 1. The fraction of sp³-hybridized carbons (Fsp3) is 0.136. The number of anilines is 1. The molecule has 10 heteroatoms. The molecule has 0 aliphatic rings. The van der Waals surface area contributed by atoms with Crippen molar-refractivity contribution in [1.29, 1.82) is 0 Å². The van der Waals surface area contributed by atoms with E-state index in [1.165, 1.54) is 18.3 Å². The number of aromatic carboxylic acids is 1. The summed E-state index contributed by atoms with van der Waals surface area (Å²) in [4.78, 5) is 25.4. The van der Waals surface area contributed by atoms with Gasteiger partial charge in [0.05, 0.1) is 10.6 Å². The minimum Gasteiger partial charge on any atom is -0.478 e. The van der Waals surface area contributed by atoms with Crippen LogP contribution in [-0.2, 0) is 0 Å². The lowest BCUT2D eigenvalue weighted by Gasteiger charge is -2.08. The summed E-state index contributed by atoms with van der Waals surface area (Å²) in [5.41, 5.74) is 6.30. The number of carbonyl (C=O) groups is 2. The van der Waals surface area contributed by atoms with Crippen LogP contribution >= 0.6 is 11.6 Å². The molecule has 0 bridgehead atoms. The number of primary amides is 1. The summed E-state index contributed by atoms with van der Waals surface area (Å²) in [6, 6.07) is 10.8. The number of hydrogen-bond acceptors (Lipinski definition) is 5. The van der Waals surface area contributed by atoms with Gasteiger partial charge in [0, 0.05) is 25.0 Å². The first-order chi connectivity index (χ1) is 15.2. The number of carboxylic acid groups (broad SMARTS) is 1. The maximum atomic E-state index is 13.0. The number of nitrogens with one attached hydrogen (secondary N) is 1. The maximum absolute atomic E-state index is 13.0. The van der Waals surface area contributed by atoms with Crippen molar-refractivity contribution >= 4 is 29.2 Å². The van der Waals surface area contributed by atoms with Gasteiger partial charge in [-0.3, -0.25) is 4.79 Å². The molecule has 1 aromatic heterocycles. The molecule has 170 valence electrons. The van der Waals surface area contributed by atoms with E-state index in [4.69, 9.17) is 27.2 Å². The molecule has 2 aromatic carbocycles. The molecule has 1 heterocycles. The molecule has 4 N–H and O–H groups in total. The van der Waals surface area contributed by atoms with Gasteiger partial charge in [0.15, 0.2) is 11.6 Å². The lowest BCUT2D eigenvalue weighted by Crippen LogP contribution is -2.13. The Balaban J connectivity index is 0.000000335. The molecular formula is C22H22ClF2N3O4. The molecule has 0 spiro atoms. The molecule has 3 rings (SSSR count). The van der Waals surface area contributed by atoms with Gasteiger partial charge in [-0.15, -0.1) is 0 Å². The Labute approximate surface area is 188 Å². The zero-order valence-electron chi connectivity index (χ0n) is 17.5. The number of nitrogens with two attached hydrogens (primary N) is 1. The molecule has 0 aliphatic carbocycles. The molecule has 0 saturated carbocycles. The average molecular weight is 466 g/mol. The predicted octanol–water partition coefficient (Wildman–Crippen LogP) is 5.36. The van der Waals surface area contributed by atoms with Crippen molar-refractivity contribution in [2.45, 2.75) is 13.8 Å². The van der Waals surface area contributed by atoms with Crippen LogP contribution in [0.5, 0.6) is 11.6 Å². The Morgan fingerprint density at radius 2 is 1.69 bits per heavy atom. The number of hydrogen-bond donors (Lipinski definition) is 3. The Morgan fingerprint density at radius 1 is 1.06 bits per heavy atom. The molecule has 0 saturated heterocycles. The van der Waals surface area contributed by atoms with Crippen LogP contribution in [0.15, 0.2) is 54.7 Å². The first-order valence-electron chi connectivity index (χ1n) is 9.30. The van der Waals surface area contributed by atoms with E-state index >= 15 is 0 Å². The largest absolute Gasteiger partial charge is 0.478 e.